The van der Waals surface area contributed by atoms with Gasteiger partial charge in [-0.2, -0.15) is 0 Å². The lowest BCUT2D eigenvalue weighted by atomic mass is 9.99. The Labute approximate surface area is 386 Å². The van der Waals surface area contributed by atoms with Crippen molar-refractivity contribution >= 4 is 46.3 Å². The smallest absolute Gasteiger partial charge is 0.222 e. The highest BCUT2D eigenvalue weighted by Crippen LogP contribution is 2.36. The average molecular weight is 919 g/mol. The molecule has 4 aromatic carbocycles. The molecule has 0 radical (unpaired) electrons. The van der Waals surface area contributed by atoms with Crippen molar-refractivity contribution in [2.45, 2.75) is 58.5 Å². The summed E-state index contributed by atoms with van der Waals surface area (Å²) in [5.41, 5.74) is 6.42. The molecule has 0 aliphatic carbocycles. The third-order valence-corrected chi connectivity index (χ3v) is 11.6. The third kappa shape index (κ3) is 10.3. The fraction of sp³-hybridized carbons (Fsp3) is 0.333. The van der Waals surface area contributed by atoms with E-state index in [1.54, 1.807) is 7.11 Å². The first-order valence-electron chi connectivity index (χ1n) is 21.5. The van der Waals surface area contributed by atoms with Gasteiger partial charge in [0, 0.05) is 58.3 Å². The Morgan fingerprint density at radius 1 is 0.646 bits per heavy atom. The molecule has 2 aliphatic rings. The van der Waals surface area contributed by atoms with Gasteiger partial charge in [-0.05, 0) is 87.9 Å². The second kappa shape index (κ2) is 20.7. The fourth-order valence-electron chi connectivity index (χ4n) is 7.99. The molecule has 0 saturated carbocycles. The number of aliphatic imine (C=N–C) groups is 2. The Bertz CT molecular complexity index is 2730. The normalized spacial score (nSPS) is 15.0. The summed E-state index contributed by atoms with van der Waals surface area (Å²) in [5.74, 6) is 3.78. The number of hydrogen-bond acceptors (Lipinski definition) is 12. The van der Waals surface area contributed by atoms with E-state index in [2.05, 4.69) is 25.7 Å². The number of aromatic nitrogens is 6. The lowest BCUT2D eigenvalue weighted by molar-refractivity contribution is -0.121. The number of halogens is 2. The first kappa shape index (κ1) is 45.3. The van der Waals surface area contributed by atoms with E-state index in [-0.39, 0.29) is 24.5 Å². The van der Waals surface area contributed by atoms with Crippen molar-refractivity contribution in [3.63, 3.8) is 0 Å². The summed E-state index contributed by atoms with van der Waals surface area (Å²) in [6, 6.07) is 25.4. The van der Waals surface area contributed by atoms with Gasteiger partial charge in [0.05, 0.1) is 56.1 Å². The van der Waals surface area contributed by atoms with Gasteiger partial charge < -0.3 is 24.3 Å². The molecule has 0 unspecified atom stereocenters. The summed E-state index contributed by atoms with van der Waals surface area (Å²) < 4.78 is 27.3. The second-order valence-corrected chi connectivity index (χ2v) is 16.4. The first-order valence-corrected chi connectivity index (χ1v) is 22.3. The quantitative estimate of drug-likeness (QED) is 0.0788. The first-order chi connectivity index (χ1) is 31.6. The van der Waals surface area contributed by atoms with E-state index in [9.17, 15) is 9.59 Å². The van der Waals surface area contributed by atoms with Crippen LogP contribution in [-0.4, -0.2) is 99.3 Å². The van der Waals surface area contributed by atoms with E-state index in [1.165, 1.54) is 0 Å². The number of benzene rings is 4. The average Bonchev–Trinajstić information content (AvgIpc) is 3.81. The van der Waals surface area contributed by atoms with Crippen LogP contribution in [0.3, 0.4) is 0 Å². The van der Waals surface area contributed by atoms with Crippen LogP contribution in [0, 0.1) is 13.8 Å². The Balaban J connectivity index is 0.837. The Morgan fingerprint density at radius 2 is 1.15 bits per heavy atom. The number of hydrogen-bond donors (Lipinski definition) is 1. The minimum Gasteiger partial charge on any atom is -0.497 e. The topological polar surface area (TPSA) is 169 Å². The van der Waals surface area contributed by atoms with E-state index in [0.29, 0.717) is 109 Å². The maximum absolute atomic E-state index is 13.5. The number of carbonyl (C=O) groups is 2. The SMILES string of the molecule is CCNC(=O)C[C@@H]1N=C(c2ccc(Cl)cc2)c2cc(OCCOCCOCCCC(=O)C[C@@H]3N=C(c4ccc(Cl)cc4)c4cc(OC)ccc4-n4c(C)nnc43)ccc2-n2c(C)nnc21. The van der Waals surface area contributed by atoms with Crippen molar-refractivity contribution in [1.82, 2.24) is 34.8 Å². The molecule has 15 nitrogen and oxygen atoms in total. The summed E-state index contributed by atoms with van der Waals surface area (Å²) >= 11 is 12.5. The van der Waals surface area contributed by atoms with Crippen LogP contribution in [-0.2, 0) is 19.1 Å². The number of fused-ring (bicyclic) bond motifs is 6. The van der Waals surface area contributed by atoms with Gasteiger partial charge in [-0.15, -0.1) is 20.4 Å². The van der Waals surface area contributed by atoms with E-state index in [1.807, 2.05) is 115 Å². The zero-order valence-electron chi connectivity index (χ0n) is 36.6. The number of amides is 1. The molecule has 2 aliphatic heterocycles. The maximum atomic E-state index is 13.5. The van der Waals surface area contributed by atoms with Gasteiger partial charge >= 0.3 is 0 Å². The van der Waals surface area contributed by atoms with Crippen LogP contribution in [0.2, 0.25) is 10.0 Å². The number of aryl methyl sites for hydroxylation is 2. The molecule has 0 spiro atoms. The number of carbonyl (C=O) groups excluding carboxylic acids is 2. The van der Waals surface area contributed by atoms with E-state index >= 15 is 0 Å². The molecule has 6 aromatic rings. The van der Waals surface area contributed by atoms with Crippen LogP contribution in [0.1, 0.15) is 90.2 Å². The number of nitrogens with one attached hydrogen (secondary N) is 1. The molecule has 1 N–H and O–H groups in total. The summed E-state index contributed by atoms with van der Waals surface area (Å²) in [7, 11) is 1.63. The van der Waals surface area contributed by atoms with Gasteiger partial charge in [0.2, 0.25) is 5.91 Å². The lowest BCUT2D eigenvalue weighted by Crippen LogP contribution is -2.25. The fourth-order valence-corrected chi connectivity index (χ4v) is 8.24. The number of rotatable bonds is 19. The second-order valence-electron chi connectivity index (χ2n) is 15.5. The monoisotopic (exact) mass is 917 g/mol. The van der Waals surface area contributed by atoms with E-state index < -0.39 is 12.1 Å². The third-order valence-electron chi connectivity index (χ3n) is 11.1. The minimum absolute atomic E-state index is 0.0442. The molecular weight excluding hydrogens is 869 g/mol. The van der Waals surface area contributed by atoms with Gasteiger partial charge in [0.15, 0.2) is 11.6 Å². The van der Waals surface area contributed by atoms with Crippen molar-refractivity contribution in [1.29, 1.82) is 0 Å². The maximum Gasteiger partial charge on any atom is 0.222 e. The highest BCUT2D eigenvalue weighted by Gasteiger charge is 2.32. The molecule has 65 heavy (non-hydrogen) atoms. The highest BCUT2D eigenvalue weighted by molar-refractivity contribution is 6.31. The Kier molecular flexibility index (Phi) is 14.4. The zero-order chi connectivity index (χ0) is 45.5. The molecule has 0 fully saturated rings. The van der Waals surface area contributed by atoms with E-state index in [0.717, 1.165) is 33.6 Å². The van der Waals surface area contributed by atoms with Gasteiger partial charge in [-0.1, -0.05) is 47.5 Å². The molecular formula is C48H49Cl2N9O6. The summed E-state index contributed by atoms with van der Waals surface area (Å²) in [4.78, 5) is 36.6. The summed E-state index contributed by atoms with van der Waals surface area (Å²) in [6.45, 7) is 7.93. The number of nitrogens with zero attached hydrogens (tertiary/aromatic N) is 8. The Morgan fingerprint density at radius 3 is 1.71 bits per heavy atom. The predicted molar refractivity (Wildman–Crippen MR) is 248 cm³/mol. The largest absolute Gasteiger partial charge is 0.497 e. The number of ketones is 1. The molecule has 2 atom stereocenters. The van der Waals surface area contributed by atoms with Crippen LogP contribution in [0.25, 0.3) is 11.4 Å². The molecule has 2 aromatic heterocycles. The minimum atomic E-state index is -0.574. The van der Waals surface area contributed by atoms with Crippen LogP contribution < -0.4 is 14.8 Å². The zero-order valence-corrected chi connectivity index (χ0v) is 38.1. The molecule has 1 amide bonds. The molecule has 4 heterocycles. The molecule has 336 valence electrons. The summed E-state index contributed by atoms with van der Waals surface area (Å²) in [5, 5.41) is 21.8. The van der Waals surface area contributed by atoms with Crippen LogP contribution >= 0.6 is 23.2 Å². The van der Waals surface area contributed by atoms with Crippen molar-refractivity contribution in [2.75, 3.05) is 46.7 Å². The highest BCUT2D eigenvalue weighted by atomic mass is 35.5. The number of ether oxygens (including phenoxy) is 4. The van der Waals surface area contributed by atoms with Crippen molar-refractivity contribution in [2.24, 2.45) is 9.98 Å². The molecule has 17 heteroatoms. The van der Waals surface area contributed by atoms with Crippen LogP contribution in [0.15, 0.2) is 94.9 Å². The molecule has 8 rings (SSSR count). The molecule has 0 saturated heterocycles. The lowest BCUT2D eigenvalue weighted by Gasteiger charge is -2.15. The Hall–Kier alpha value is -6.26. The van der Waals surface area contributed by atoms with Gasteiger partial charge in [-0.3, -0.25) is 28.7 Å². The predicted octanol–water partition coefficient (Wildman–Crippen LogP) is 7.94. The number of Topliss-reactive ketones (excluding diaryl/α,β-unsaturated/α-hetero) is 1. The van der Waals surface area contributed by atoms with Crippen molar-refractivity contribution in [3.05, 3.63) is 141 Å². The van der Waals surface area contributed by atoms with Crippen molar-refractivity contribution < 1.29 is 28.5 Å². The summed E-state index contributed by atoms with van der Waals surface area (Å²) in [6.07, 6.45) is 1.14. The van der Waals surface area contributed by atoms with Gasteiger partial charge in [0.25, 0.3) is 0 Å². The number of methoxy groups -OCH3 is 1. The van der Waals surface area contributed by atoms with E-state index in [4.69, 9.17) is 52.1 Å². The van der Waals surface area contributed by atoms with Crippen LogP contribution in [0.4, 0.5) is 0 Å². The van der Waals surface area contributed by atoms with Crippen LogP contribution in [0.5, 0.6) is 11.5 Å². The molecule has 0 bridgehead atoms. The van der Waals surface area contributed by atoms with Gasteiger partial charge in [-0.25, -0.2) is 0 Å². The van der Waals surface area contributed by atoms with Gasteiger partial charge in [0.1, 0.15) is 47.6 Å². The van der Waals surface area contributed by atoms with Crippen molar-refractivity contribution in [3.8, 4) is 22.9 Å². The standard InChI is InChI=1S/C48H49Cl2N9O6/c1-5-51-44(61)28-41-48-57-55-30(3)59(48)43-19-17-37(27-39(43)46(53-41)32-10-14-34(50)15-11-32)65-24-23-64-22-21-63-20-6-7-35(60)25-40-47-56-54-29(2)58(47)42-18-16-36(62-4)26-38(42)45(52-40)31-8-12-33(49)13-9-31/h8-19,26-27,40-41H,5-7,20-25,28H2,1-4H3,(H,51,61)/t40-,41-/m0/s1.